The summed E-state index contributed by atoms with van der Waals surface area (Å²) < 4.78 is 2.43. The van der Waals surface area contributed by atoms with Crippen LogP contribution in [0.3, 0.4) is 0 Å². The quantitative estimate of drug-likeness (QED) is 0.158. The number of hydrogen-bond acceptors (Lipinski definition) is 2. The maximum absolute atomic E-state index is 11.1. The van der Waals surface area contributed by atoms with E-state index in [-0.39, 0.29) is 29.1 Å². The summed E-state index contributed by atoms with van der Waals surface area (Å²) in [6, 6.07) is 50.2. The van der Waals surface area contributed by atoms with E-state index in [1.165, 1.54) is 88.3 Å². The van der Waals surface area contributed by atoms with E-state index in [2.05, 4.69) is 159 Å². The first-order valence-electron chi connectivity index (χ1n) is 19.5. The highest BCUT2D eigenvalue weighted by Crippen LogP contribution is 2.62. The molecule has 2 heterocycles. The first-order valence-corrected chi connectivity index (χ1v) is 19.5. The van der Waals surface area contributed by atoms with Gasteiger partial charge in [0.15, 0.2) is 0 Å². The average Bonchev–Trinajstić information content (AvgIpc) is 3.74. The zero-order valence-electron chi connectivity index (χ0n) is 30.7. The van der Waals surface area contributed by atoms with E-state index in [0.29, 0.717) is 0 Å². The molecule has 0 saturated heterocycles. The lowest BCUT2D eigenvalue weighted by Gasteiger charge is -2.43. The Morgan fingerprint density at radius 2 is 0.764 bits per heavy atom. The van der Waals surface area contributed by atoms with Crippen LogP contribution in [-0.2, 0) is 5.41 Å². The number of benzene rings is 7. The van der Waals surface area contributed by atoms with E-state index >= 15 is 0 Å². The Hall–Kier alpha value is -6.68. The largest absolute Gasteiger partial charge is 0.308 e. The van der Waals surface area contributed by atoms with Gasteiger partial charge in [-0.2, -0.15) is 10.5 Å². The summed E-state index contributed by atoms with van der Waals surface area (Å²) in [4.78, 5) is 0. The molecule has 0 amide bonds. The normalized spacial score (nSPS) is 19.5. The van der Waals surface area contributed by atoms with Crippen LogP contribution in [0.2, 0.25) is 0 Å². The highest BCUT2D eigenvalue weighted by atomic mass is 14.9. The molecule has 3 nitrogen and oxygen atoms in total. The van der Waals surface area contributed by atoms with Crippen molar-refractivity contribution in [2.75, 3.05) is 0 Å². The van der Waals surface area contributed by atoms with Gasteiger partial charge in [-0.1, -0.05) is 118 Å². The monoisotopic (exact) mass is 699 g/mol. The Morgan fingerprint density at radius 3 is 1.05 bits per heavy atom. The first kappa shape index (κ1) is 29.7. The second kappa shape index (κ2) is 9.70. The molecule has 15 rings (SSSR count). The number of fused-ring (bicyclic) bond motifs is 6. The number of hydrogen-bond donors (Lipinski definition) is 0. The van der Waals surface area contributed by atoms with Crippen molar-refractivity contribution >= 4 is 38.1 Å². The molecule has 0 atom stereocenters. The Balaban J connectivity index is 1.25. The van der Waals surface area contributed by atoms with E-state index in [9.17, 15) is 10.5 Å². The molecule has 6 aliphatic carbocycles. The van der Waals surface area contributed by atoms with E-state index in [0.717, 1.165) is 33.3 Å². The molecule has 55 heavy (non-hydrogen) atoms. The minimum Gasteiger partial charge on any atom is -0.308 e. The van der Waals surface area contributed by atoms with Crippen molar-refractivity contribution in [2.45, 2.75) is 49.9 Å². The fourth-order valence-corrected chi connectivity index (χ4v) is 11.9. The second-order valence-electron chi connectivity index (χ2n) is 17.3. The van der Waals surface area contributed by atoms with Gasteiger partial charge in [0.1, 0.15) is 0 Å². The Morgan fingerprint density at radius 1 is 0.455 bits per heavy atom. The van der Waals surface area contributed by atoms with Gasteiger partial charge in [-0.15, -0.1) is 0 Å². The third-order valence-corrected chi connectivity index (χ3v) is 13.9. The van der Waals surface area contributed by atoms with Crippen LogP contribution >= 0.6 is 0 Å². The molecule has 9 aromatic rings. The lowest BCUT2D eigenvalue weighted by Crippen LogP contribution is -2.28. The third-order valence-electron chi connectivity index (χ3n) is 13.9. The molecular formula is C52H33N3. The molecule has 3 heteroatoms. The topological polar surface area (TPSA) is 52.0 Å². The minimum atomic E-state index is -0.114. The van der Waals surface area contributed by atoms with Crippen molar-refractivity contribution in [1.82, 2.24) is 4.40 Å². The van der Waals surface area contributed by atoms with E-state index in [4.69, 9.17) is 0 Å². The highest BCUT2D eigenvalue weighted by Gasteiger charge is 2.47. The van der Waals surface area contributed by atoms with Crippen molar-refractivity contribution in [1.29, 1.82) is 10.5 Å². The minimum absolute atomic E-state index is 0.00163. The first-order chi connectivity index (χ1) is 26.9. The second-order valence-corrected chi connectivity index (χ2v) is 17.3. The molecule has 0 unspecified atom stereocenters. The van der Waals surface area contributed by atoms with Gasteiger partial charge in [0.05, 0.1) is 39.8 Å². The molecule has 0 fully saturated rings. The number of nitrogens with zero attached hydrogens (tertiary/aromatic N) is 3. The van der Waals surface area contributed by atoms with Crippen LogP contribution in [0.15, 0.2) is 121 Å². The molecule has 256 valence electrons. The van der Waals surface area contributed by atoms with Crippen molar-refractivity contribution in [3.05, 3.63) is 205 Å². The van der Waals surface area contributed by atoms with Crippen LogP contribution in [0.25, 0.3) is 38.1 Å². The van der Waals surface area contributed by atoms with Gasteiger partial charge in [-0.05, 0) is 102 Å². The molecule has 4 bridgehead atoms. The fraction of sp³-hybridized carbons (Fsp3) is 0.154. The molecular weight excluding hydrogens is 667 g/mol. The summed E-state index contributed by atoms with van der Waals surface area (Å²) in [7, 11) is 0. The summed E-state index contributed by atoms with van der Waals surface area (Å²) in [5.74, 6) is 0.0335. The smallest absolute Gasteiger partial charge is 0.0995 e. The van der Waals surface area contributed by atoms with E-state index in [1.54, 1.807) is 0 Å². The Bertz CT molecular complexity index is 3050. The predicted octanol–water partition coefficient (Wildman–Crippen LogP) is 11.9. The van der Waals surface area contributed by atoms with Gasteiger partial charge in [-0.3, -0.25) is 0 Å². The standard InChI is InChI=1S/C52H33N3/c1-52(2,3)28-22-37-47-39(20-26(24-53)41-43-29-12-4-8-16-33(29)45(49(41)47)34-17-9-5-13-30(34)43)55-40-21-27(25-54)42-44-31-14-6-10-18-35(31)46(36-19-11-7-15-32(36)44)50(42)48(40)38(23-28)51(37)55/h4-23,43-46H,1-3H3. The van der Waals surface area contributed by atoms with Crippen molar-refractivity contribution in [2.24, 2.45) is 0 Å². The van der Waals surface area contributed by atoms with Crippen LogP contribution in [0.1, 0.15) is 128 Å². The fourth-order valence-electron chi connectivity index (χ4n) is 11.9. The van der Waals surface area contributed by atoms with Gasteiger partial charge in [0.25, 0.3) is 0 Å². The molecule has 0 radical (unpaired) electrons. The maximum atomic E-state index is 11.1. The van der Waals surface area contributed by atoms with Crippen LogP contribution < -0.4 is 0 Å². The Kier molecular flexibility index (Phi) is 5.24. The summed E-state index contributed by atoms with van der Waals surface area (Å²) in [5, 5.41) is 27.1. The SMILES string of the molecule is CC(C)(C)c1cc2c3c4c(c(C#N)cc3n3c5cc(C#N)c6c(c5c(c1)c23)C1c2ccccc2C6c2ccccc21)C1c2ccccc2C4c2ccccc21. The third kappa shape index (κ3) is 3.31. The lowest BCUT2D eigenvalue weighted by molar-refractivity contribution is 0.592. The number of rotatable bonds is 0. The van der Waals surface area contributed by atoms with Gasteiger partial charge >= 0.3 is 0 Å². The summed E-state index contributed by atoms with van der Waals surface area (Å²) in [5.41, 5.74) is 21.5. The van der Waals surface area contributed by atoms with Crippen LogP contribution in [0.5, 0.6) is 0 Å². The van der Waals surface area contributed by atoms with Gasteiger partial charge in [0.2, 0.25) is 0 Å². The molecule has 2 aromatic heterocycles. The van der Waals surface area contributed by atoms with Gasteiger partial charge in [-0.25, -0.2) is 0 Å². The summed E-state index contributed by atoms with van der Waals surface area (Å²) >= 11 is 0. The molecule has 6 aliphatic rings. The van der Waals surface area contributed by atoms with Crippen molar-refractivity contribution in [3.8, 4) is 12.1 Å². The zero-order chi connectivity index (χ0) is 36.6. The van der Waals surface area contributed by atoms with Crippen molar-refractivity contribution < 1.29 is 0 Å². The average molecular weight is 700 g/mol. The molecule has 0 N–H and O–H groups in total. The lowest BCUT2D eigenvalue weighted by atomic mass is 9.59. The van der Waals surface area contributed by atoms with Crippen LogP contribution in [0, 0.1) is 22.7 Å². The molecule has 0 saturated carbocycles. The highest BCUT2D eigenvalue weighted by molar-refractivity contribution is 6.26. The van der Waals surface area contributed by atoms with Gasteiger partial charge < -0.3 is 4.40 Å². The number of nitriles is 2. The summed E-state index contributed by atoms with van der Waals surface area (Å²) in [6.07, 6.45) is 0. The molecule has 0 aliphatic heterocycles. The van der Waals surface area contributed by atoms with Crippen LogP contribution in [-0.4, -0.2) is 4.40 Å². The van der Waals surface area contributed by atoms with Gasteiger partial charge in [0, 0.05) is 45.2 Å². The number of aromatic nitrogens is 1. The van der Waals surface area contributed by atoms with Crippen LogP contribution in [0.4, 0.5) is 0 Å². The van der Waals surface area contributed by atoms with E-state index in [1.807, 2.05) is 0 Å². The van der Waals surface area contributed by atoms with Crippen molar-refractivity contribution in [3.63, 3.8) is 0 Å². The zero-order valence-corrected chi connectivity index (χ0v) is 30.7. The predicted molar refractivity (Wildman–Crippen MR) is 219 cm³/mol. The summed E-state index contributed by atoms with van der Waals surface area (Å²) in [6.45, 7) is 6.95. The van der Waals surface area contributed by atoms with E-state index < -0.39 is 0 Å². The maximum Gasteiger partial charge on any atom is 0.0995 e. The molecule has 7 aromatic carbocycles. The molecule has 0 spiro atoms. The Labute approximate surface area is 318 Å².